The van der Waals surface area contributed by atoms with Gasteiger partial charge < -0.3 is 24.4 Å². The third-order valence-corrected chi connectivity index (χ3v) is 5.46. The van der Waals surface area contributed by atoms with E-state index < -0.39 is 0 Å². The minimum Gasteiger partial charge on any atom is -0.381 e. The van der Waals surface area contributed by atoms with Gasteiger partial charge in [-0.3, -0.25) is 9.69 Å². The molecule has 0 spiro atoms. The molecular formula is C19H31N5O4. The third-order valence-electron chi connectivity index (χ3n) is 5.46. The topological polar surface area (TPSA) is 91.2 Å². The molecule has 28 heavy (non-hydrogen) atoms. The van der Waals surface area contributed by atoms with Crippen LogP contribution >= 0.6 is 0 Å². The Balaban J connectivity index is 1.58. The van der Waals surface area contributed by atoms with E-state index >= 15 is 0 Å². The summed E-state index contributed by atoms with van der Waals surface area (Å²) in [5.41, 5.74) is 0.304. The zero-order valence-electron chi connectivity index (χ0n) is 17.0. The number of hydrogen-bond acceptors (Lipinski definition) is 6. The first-order valence-corrected chi connectivity index (χ1v) is 9.97. The van der Waals surface area contributed by atoms with Crippen LogP contribution < -0.4 is 5.32 Å². The van der Waals surface area contributed by atoms with Gasteiger partial charge in [-0.25, -0.2) is 4.79 Å². The number of amides is 3. The Morgan fingerprint density at radius 1 is 1.25 bits per heavy atom. The van der Waals surface area contributed by atoms with Gasteiger partial charge >= 0.3 is 6.03 Å². The molecule has 2 aliphatic rings. The van der Waals surface area contributed by atoms with E-state index in [-0.39, 0.29) is 11.9 Å². The molecule has 0 saturated carbocycles. The number of carbonyl (C=O) groups excluding carboxylic acids is 2. The molecule has 2 fully saturated rings. The summed E-state index contributed by atoms with van der Waals surface area (Å²) in [7, 11) is 3.57. The maximum absolute atomic E-state index is 12.3. The van der Waals surface area contributed by atoms with Gasteiger partial charge in [-0.1, -0.05) is 5.16 Å². The standard InChI is InChI=1S/C19H31N5O4/c1-14-12-17(21-28-14)18(25)20-7-9-24(15-5-10-27-11-6-15)16-4-8-23(13-16)19(26)22(2)3/h12,15-16H,4-11,13H2,1-3H3,(H,20,25). The van der Waals surface area contributed by atoms with Gasteiger partial charge in [0.1, 0.15) is 5.76 Å². The summed E-state index contributed by atoms with van der Waals surface area (Å²) in [5, 5.41) is 6.70. The minimum atomic E-state index is -0.223. The van der Waals surface area contributed by atoms with Crippen molar-refractivity contribution in [2.45, 2.75) is 38.3 Å². The highest BCUT2D eigenvalue weighted by Crippen LogP contribution is 2.23. The summed E-state index contributed by atoms with van der Waals surface area (Å²) < 4.78 is 10.5. The first kappa shape index (κ1) is 20.6. The molecule has 0 bridgehead atoms. The number of nitrogens with zero attached hydrogens (tertiary/aromatic N) is 4. The summed E-state index contributed by atoms with van der Waals surface area (Å²) in [4.78, 5) is 30.5. The fourth-order valence-corrected chi connectivity index (χ4v) is 4.01. The lowest BCUT2D eigenvalue weighted by Crippen LogP contribution is -2.50. The number of rotatable bonds is 6. The summed E-state index contributed by atoms with van der Waals surface area (Å²) >= 11 is 0. The van der Waals surface area contributed by atoms with Crippen LogP contribution in [0.3, 0.4) is 0 Å². The van der Waals surface area contributed by atoms with E-state index in [1.165, 1.54) is 0 Å². The molecule has 2 aliphatic heterocycles. The molecule has 0 aromatic carbocycles. The molecule has 0 aliphatic carbocycles. The second-order valence-corrected chi connectivity index (χ2v) is 7.73. The predicted octanol–water partition coefficient (Wildman–Crippen LogP) is 0.950. The number of carbonyl (C=O) groups is 2. The fourth-order valence-electron chi connectivity index (χ4n) is 4.01. The first-order chi connectivity index (χ1) is 13.5. The molecule has 1 unspecified atom stereocenters. The molecule has 9 heteroatoms. The van der Waals surface area contributed by atoms with Crippen molar-refractivity contribution < 1.29 is 18.8 Å². The maximum atomic E-state index is 12.3. The molecule has 0 radical (unpaired) electrons. The lowest BCUT2D eigenvalue weighted by Gasteiger charge is -2.38. The summed E-state index contributed by atoms with van der Waals surface area (Å²) in [5.74, 6) is 0.394. The number of ether oxygens (including phenoxy) is 1. The molecule has 3 amide bonds. The lowest BCUT2D eigenvalue weighted by molar-refractivity contribution is 0.0188. The highest BCUT2D eigenvalue weighted by Gasteiger charge is 2.34. The Bertz CT molecular complexity index is 671. The minimum absolute atomic E-state index is 0.0594. The average Bonchev–Trinajstić information content (AvgIpc) is 3.34. The number of aryl methyl sites for hydroxylation is 1. The summed E-state index contributed by atoms with van der Waals surface area (Å²) in [6, 6.07) is 2.41. The van der Waals surface area contributed by atoms with Crippen LogP contribution in [0.5, 0.6) is 0 Å². The largest absolute Gasteiger partial charge is 0.381 e. The Kier molecular flexibility index (Phi) is 6.90. The fraction of sp³-hybridized carbons (Fsp3) is 0.737. The normalized spacial score (nSPS) is 20.6. The lowest BCUT2D eigenvalue weighted by atomic mass is 10.0. The quantitative estimate of drug-likeness (QED) is 0.774. The first-order valence-electron chi connectivity index (χ1n) is 9.97. The SMILES string of the molecule is Cc1cc(C(=O)NCCN(C2CCOCC2)C2CCN(C(=O)N(C)C)C2)no1. The predicted molar refractivity (Wildman–Crippen MR) is 103 cm³/mol. The van der Waals surface area contributed by atoms with E-state index in [1.807, 2.05) is 4.90 Å². The van der Waals surface area contributed by atoms with Crippen molar-refractivity contribution in [3.05, 3.63) is 17.5 Å². The van der Waals surface area contributed by atoms with Crippen LogP contribution in [-0.2, 0) is 4.74 Å². The van der Waals surface area contributed by atoms with Gasteiger partial charge in [-0.2, -0.15) is 0 Å². The Hall–Kier alpha value is -2.13. The van der Waals surface area contributed by atoms with E-state index in [2.05, 4.69) is 15.4 Å². The van der Waals surface area contributed by atoms with Gasteiger partial charge in [-0.05, 0) is 26.2 Å². The van der Waals surface area contributed by atoms with Gasteiger partial charge in [0, 0.05) is 71.6 Å². The molecular weight excluding hydrogens is 362 g/mol. The smallest absolute Gasteiger partial charge is 0.319 e. The Labute approximate surface area is 165 Å². The number of urea groups is 1. The van der Waals surface area contributed by atoms with Gasteiger partial charge in [0.2, 0.25) is 0 Å². The van der Waals surface area contributed by atoms with Gasteiger partial charge in [-0.15, -0.1) is 0 Å². The maximum Gasteiger partial charge on any atom is 0.319 e. The van der Waals surface area contributed by atoms with Crippen molar-refractivity contribution in [1.29, 1.82) is 0 Å². The number of aromatic nitrogens is 1. The molecule has 1 aromatic rings. The Morgan fingerprint density at radius 2 is 2.00 bits per heavy atom. The summed E-state index contributed by atoms with van der Waals surface area (Å²) in [6.45, 7) is 6.05. The third kappa shape index (κ3) is 5.02. The van der Waals surface area contributed by atoms with Crippen molar-refractivity contribution in [3.8, 4) is 0 Å². The molecule has 9 nitrogen and oxygen atoms in total. The Morgan fingerprint density at radius 3 is 2.64 bits per heavy atom. The van der Waals surface area contributed by atoms with Crippen LogP contribution in [0.4, 0.5) is 4.79 Å². The van der Waals surface area contributed by atoms with E-state index in [0.717, 1.165) is 52.1 Å². The molecule has 156 valence electrons. The van der Waals surface area contributed by atoms with Gasteiger partial charge in [0.05, 0.1) is 0 Å². The molecule has 3 rings (SSSR count). The van der Waals surface area contributed by atoms with Gasteiger partial charge in [0.15, 0.2) is 5.69 Å². The van der Waals surface area contributed by atoms with Crippen LogP contribution in [0.1, 0.15) is 35.5 Å². The number of hydrogen-bond donors (Lipinski definition) is 1. The van der Waals surface area contributed by atoms with Crippen molar-refractivity contribution >= 4 is 11.9 Å². The van der Waals surface area contributed by atoms with Crippen LogP contribution in [0.25, 0.3) is 0 Å². The van der Waals surface area contributed by atoms with Crippen molar-refractivity contribution in [2.24, 2.45) is 0 Å². The molecule has 1 N–H and O–H groups in total. The van der Waals surface area contributed by atoms with E-state index in [4.69, 9.17) is 9.26 Å². The van der Waals surface area contributed by atoms with Crippen molar-refractivity contribution in [3.63, 3.8) is 0 Å². The van der Waals surface area contributed by atoms with Gasteiger partial charge in [0.25, 0.3) is 5.91 Å². The van der Waals surface area contributed by atoms with Crippen molar-refractivity contribution in [1.82, 2.24) is 25.2 Å². The number of nitrogens with one attached hydrogen (secondary N) is 1. The molecule has 1 aromatic heterocycles. The van der Waals surface area contributed by atoms with Crippen LogP contribution in [0, 0.1) is 6.92 Å². The molecule has 1 atom stereocenters. The van der Waals surface area contributed by atoms with E-state index in [1.54, 1.807) is 32.0 Å². The average molecular weight is 393 g/mol. The van der Waals surface area contributed by atoms with Crippen LogP contribution in [-0.4, -0.2) is 97.4 Å². The van der Waals surface area contributed by atoms with Crippen LogP contribution in [0.2, 0.25) is 0 Å². The second-order valence-electron chi connectivity index (χ2n) is 7.73. The molecule has 2 saturated heterocycles. The monoisotopic (exact) mass is 393 g/mol. The zero-order valence-corrected chi connectivity index (χ0v) is 17.0. The number of likely N-dealkylation sites (tertiary alicyclic amines) is 1. The van der Waals surface area contributed by atoms with Crippen molar-refractivity contribution in [2.75, 3.05) is 53.5 Å². The zero-order chi connectivity index (χ0) is 20.1. The highest BCUT2D eigenvalue weighted by molar-refractivity contribution is 5.92. The van der Waals surface area contributed by atoms with E-state index in [0.29, 0.717) is 30.1 Å². The summed E-state index contributed by atoms with van der Waals surface area (Å²) in [6.07, 6.45) is 2.91. The van der Waals surface area contributed by atoms with Crippen LogP contribution in [0.15, 0.2) is 10.6 Å². The van der Waals surface area contributed by atoms with E-state index in [9.17, 15) is 9.59 Å². The molecule has 3 heterocycles. The second kappa shape index (κ2) is 9.38. The highest BCUT2D eigenvalue weighted by atomic mass is 16.5.